The molecule has 1 atom stereocenters. The molecule has 158 valence electrons. The van der Waals surface area contributed by atoms with Gasteiger partial charge < -0.3 is 10.1 Å². The standard InChI is InChI=1S/C20H28N4O5/c1-4-8-23-15(25)11-14(17(26)21-12-13-7-6-10-29-13)16-18(23)22(3)20(28)24(9-5-2)19(16)27/h11,13H,4-10,12H2,1-3H3,(H,21,26)/t13-/m0/s1. The van der Waals surface area contributed by atoms with Gasteiger partial charge in [0.2, 0.25) is 0 Å². The summed E-state index contributed by atoms with van der Waals surface area (Å²) in [5.74, 6) is -0.509. The van der Waals surface area contributed by atoms with Crippen molar-refractivity contribution < 1.29 is 9.53 Å². The van der Waals surface area contributed by atoms with Crippen molar-refractivity contribution in [2.24, 2.45) is 7.05 Å². The molecule has 9 heteroatoms. The maximum absolute atomic E-state index is 13.2. The highest BCUT2D eigenvalue weighted by molar-refractivity contribution is 6.05. The quantitative estimate of drug-likeness (QED) is 0.727. The molecule has 0 aliphatic carbocycles. The van der Waals surface area contributed by atoms with E-state index in [0.717, 1.165) is 17.4 Å². The van der Waals surface area contributed by atoms with Crippen LogP contribution in [0.15, 0.2) is 20.4 Å². The van der Waals surface area contributed by atoms with Crippen LogP contribution >= 0.6 is 0 Å². The predicted octanol–water partition coefficient (Wildman–Crippen LogP) is 0.591. The van der Waals surface area contributed by atoms with Crippen molar-refractivity contribution in [1.29, 1.82) is 0 Å². The number of hydrogen-bond acceptors (Lipinski definition) is 5. The SMILES string of the molecule is CCCn1c(=O)c2c(C(=O)NC[C@@H]3CCCO3)cc(=O)n(CCC)c2n(C)c1=O. The second-order valence-electron chi connectivity index (χ2n) is 7.39. The van der Waals surface area contributed by atoms with Gasteiger partial charge in [-0.3, -0.25) is 28.1 Å². The average molecular weight is 404 g/mol. The highest BCUT2D eigenvalue weighted by atomic mass is 16.5. The molecule has 2 aromatic rings. The lowest BCUT2D eigenvalue weighted by atomic mass is 10.1. The summed E-state index contributed by atoms with van der Waals surface area (Å²) < 4.78 is 9.33. The number of nitrogens with one attached hydrogen (secondary N) is 1. The van der Waals surface area contributed by atoms with E-state index < -0.39 is 22.7 Å². The summed E-state index contributed by atoms with van der Waals surface area (Å²) in [5, 5.41) is 2.87. The molecule has 1 fully saturated rings. The van der Waals surface area contributed by atoms with Gasteiger partial charge in [-0.25, -0.2) is 4.79 Å². The zero-order valence-electron chi connectivity index (χ0n) is 17.2. The molecular weight excluding hydrogens is 376 g/mol. The zero-order valence-corrected chi connectivity index (χ0v) is 17.2. The highest BCUT2D eigenvalue weighted by Gasteiger charge is 2.23. The lowest BCUT2D eigenvalue weighted by Gasteiger charge is -2.17. The van der Waals surface area contributed by atoms with Gasteiger partial charge in [0, 0.05) is 39.4 Å². The summed E-state index contributed by atoms with van der Waals surface area (Å²) in [6, 6.07) is 1.20. The van der Waals surface area contributed by atoms with Gasteiger partial charge in [0.05, 0.1) is 17.1 Å². The van der Waals surface area contributed by atoms with Crippen LogP contribution in [0, 0.1) is 0 Å². The van der Waals surface area contributed by atoms with Gasteiger partial charge in [0.15, 0.2) is 0 Å². The zero-order chi connectivity index (χ0) is 21.1. The third-order valence-electron chi connectivity index (χ3n) is 5.23. The topological polar surface area (TPSA) is 104 Å². The first-order valence-electron chi connectivity index (χ1n) is 10.2. The molecule has 0 aromatic carbocycles. The second-order valence-corrected chi connectivity index (χ2v) is 7.39. The molecule has 1 amide bonds. The van der Waals surface area contributed by atoms with Crippen LogP contribution in [0.4, 0.5) is 0 Å². The number of ether oxygens (including phenoxy) is 1. The Kier molecular flexibility index (Phi) is 6.36. The van der Waals surface area contributed by atoms with Crippen molar-refractivity contribution in [1.82, 2.24) is 19.0 Å². The van der Waals surface area contributed by atoms with E-state index in [1.165, 1.54) is 22.2 Å². The number of amides is 1. The Balaban J connectivity index is 2.22. The maximum Gasteiger partial charge on any atom is 0.332 e. The third kappa shape index (κ3) is 3.91. The summed E-state index contributed by atoms with van der Waals surface area (Å²) in [5.41, 5.74) is -1.27. The Hall–Kier alpha value is -2.68. The Labute approximate surface area is 167 Å². The van der Waals surface area contributed by atoms with Gasteiger partial charge in [-0.2, -0.15) is 0 Å². The smallest absolute Gasteiger partial charge is 0.332 e. The Morgan fingerprint density at radius 2 is 1.86 bits per heavy atom. The van der Waals surface area contributed by atoms with Gasteiger partial charge in [-0.1, -0.05) is 13.8 Å². The number of carbonyl (C=O) groups excluding carboxylic acids is 1. The molecule has 0 saturated carbocycles. The van der Waals surface area contributed by atoms with E-state index in [0.29, 0.717) is 32.5 Å². The van der Waals surface area contributed by atoms with Crippen LogP contribution in [0.3, 0.4) is 0 Å². The fraction of sp³-hybridized carbons (Fsp3) is 0.600. The van der Waals surface area contributed by atoms with E-state index in [4.69, 9.17) is 4.74 Å². The van der Waals surface area contributed by atoms with E-state index >= 15 is 0 Å². The first-order valence-corrected chi connectivity index (χ1v) is 10.2. The van der Waals surface area contributed by atoms with Crippen LogP contribution in [0.5, 0.6) is 0 Å². The minimum absolute atomic E-state index is 0.000744. The second kappa shape index (κ2) is 8.77. The van der Waals surface area contributed by atoms with Crippen molar-refractivity contribution in [3.05, 3.63) is 42.8 Å². The van der Waals surface area contributed by atoms with Crippen LogP contribution in [0.25, 0.3) is 11.0 Å². The van der Waals surface area contributed by atoms with Crippen LogP contribution in [-0.2, 0) is 24.9 Å². The first-order chi connectivity index (χ1) is 13.9. The van der Waals surface area contributed by atoms with Gasteiger partial charge in [0.25, 0.3) is 17.0 Å². The normalized spacial score (nSPS) is 16.4. The molecule has 2 aromatic heterocycles. The fourth-order valence-corrected chi connectivity index (χ4v) is 3.83. The molecule has 0 unspecified atom stereocenters. The van der Waals surface area contributed by atoms with Crippen molar-refractivity contribution in [2.45, 2.75) is 58.7 Å². The summed E-state index contributed by atoms with van der Waals surface area (Å²) in [6.07, 6.45) is 2.98. The number of nitrogens with zero attached hydrogens (tertiary/aromatic N) is 3. The number of aryl methyl sites for hydroxylation is 2. The Morgan fingerprint density at radius 3 is 2.48 bits per heavy atom. The number of fused-ring (bicyclic) bond motifs is 1. The first kappa shape index (κ1) is 21.0. The van der Waals surface area contributed by atoms with Gasteiger partial charge in [0.1, 0.15) is 5.65 Å². The monoisotopic (exact) mass is 404 g/mol. The Morgan fingerprint density at radius 1 is 1.17 bits per heavy atom. The molecular formula is C20H28N4O5. The number of aromatic nitrogens is 3. The maximum atomic E-state index is 13.2. The molecule has 1 N–H and O–H groups in total. The van der Waals surface area contributed by atoms with Crippen LogP contribution < -0.4 is 22.1 Å². The van der Waals surface area contributed by atoms with Crippen LogP contribution in [0.1, 0.15) is 49.9 Å². The van der Waals surface area contributed by atoms with Gasteiger partial charge >= 0.3 is 5.69 Å². The summed E-state index contributed by atoms with van der Waals surface area (Å²) in [7, 11) is 1.52. The number of pyridine rings is 1. The number of carbonyl (C=O) groups is 1. The summed E-state index contributed by atoms with van der Waals surface area (Å²) in [6.45, 7) is 5.33. The lowest BCUT2D eigenvalue weighted by Crippen LogP contribution is -2.43. The van der Waals surface area contributed by atoms with Crippen LogP contribution in [-0.4, -0.2) is 38.9 Å². The molecule has 29 heavy (non-hydrogen) atoms. The molecule has 1 saturated heterocycles. The van der Waals surface area contributed by atoms with Crippen LogP contribution in [0.2, 0.25) is 0 Å². The Bertz CT molecular complexity index is 1090. The fourth-order valence-electron chi connectivity index (χ4n) is 3.83. The number of rotatable bonds is 7. The molecule has 3 heterocycles. The van der Waals surface area contributed by atoms with Crippen molar-refractivity contribution >= 4 is 16.9 Å². The molecule has 0 bridgehead atoms. The van der Waals surface area contributed by atoms with Crippen molar-refractivity contribution in [3.8, 4) is 0 Å². The molecule has 0 spiro atoms. The summed E-state index contributed by atoms with van der Waals surface area (Å²) in [4.78, 5) is 51.5. The van der Waals surface area contributed by atoms with E-state index in [9.17, 15) is 19.2 Å². The highest BCUT2D eigenvalue weighted by Crippen LogP contribution is 2.14. The van der Waals surface area contributed by atoms with E-state index in [1.54, 1.807) is 0 Å². The molecule has 9 nitrogen and oxygen atoms in total. The van der Waals surface area contributed by atoms with Crippen molar-refractivity contribution in [2.75, 3.05) is 13.2 Å². The van der Waals surface area contributed by atoms with E-state index in [1.807, 2.05) is 13.8 Å². The minimum Gasteiger partial charge on any atom is -0.376 e. The van der Waals surface area contributed by atoms with E-state index in [2.05, 4.69) is 5.32 Å². The largest absolute Gasteiger partial charge is 0.376 e. The lowest BCUT2D eigenvalue weighted by molar-refractivity contribution is 0.0859. The van der Waals surface area contributed by atoms with Gasteiger partial charge in [-0.05, 0) is 25.7 Å². The predicted molar refractivity (Wildman–Crippen MR) is 110 cm³/mol. The van der Waals surface area contributed by atoms with E-state index in [-0.39, 0.29) is 29.2 Å². The van der Waals surface area contributed by atoms with Gasteiger partial charge in [-0.15, -0.1) is 0 Å². The average Bonchev–Trinajstić information content (AvgIpc) is 3.22. The third-order valence-corrected chi connectivity index (χ3v) is 5.23. The molecule has 1 aliphatic heterocycles. The molecule has 3 rings (SSSR count). The summed E-state index contributed by atoms with van der Waals surface area (Å²) >= 11 is 0. The number of hydrogen-bond donors (Lipinski definition) is 1. The molecule has 0 radical (unpaired) electrons. The molecule has 1 aliphatic rings. The minimum atomic E-state index is -0.544. The van der Waals surface area contributed by atoms with Crippen molar-refractivity contribution in [3.63, 3.8) is 0 Å².